The van der Waals surface area contributed by atoms with Crippen LogP contribution in [0.3, 0.4) is 0 Å². The van der Waals surface area contributed by atoms with Crippen LogP contribution in [0.2, 0.25) is 0 Å². The lowest BCUT2D eigenvalue weighted by Gasteiger charge is -2.21. The van der Waals surface area contributed by atoms with Crippen LogP contribution in [0, 0.1) is 11.3 Å². The van der Waals surface area contributed by atoms with Crippen molar-refractivity contribution >= 4 is 34.2 Å². The number of hydrogen-bond acceptors (Lipinski definition) is 6. The van der Waals surface area contributed by atoms with E-state index in [0.717, 1.165) is 17.0 Å². The topological polar surface area (TPSA) is 104 Å². The molecule has 1 amide bonds. The normalized spacial score (nSPS) is 10.6. The standard InChI is InChI=1S/C26H24N6O2/c1-18(33)12-14-32(24-5-3-4-13-28-24)26(34)20-8-11-23-22(15-20)30-25(31(23)2)17-29-21-9-6-19(16-27)7-10-21/h3-11,13,15,29H,12,14,17H2,1-2H3. The van der Waals surface area contributed by atoms with Gasteiger partial charge in [0.25, 0.3) is 5.91 Å². The summed E-state index contributed by atoms with van der Waals surface area (Å²) in [5, 5.41) is 12.2. The van der Waals surface area contributed by atoms with Gasteiger partial charge in [-0.1, -0.05) is 6.07 Å². The molecule has 0 unspecified atom stereocenters. The molecule has 0 bridgehead atoms. The number of rotatable bonds is 8. The van der Waals surface area contributed by atoms with Crippen LogP contribution in [0.1, 0.15) is 35.1 Å². The number of benzene rings is 2. The molecule has 0 radical (unpaired) electrons. The second-order valence-corrected chi connectivity index (χ2v) is 7.93. The Kier molecular flexibility index (Phi) is 6.64. The smallest absolute Gasteiger partial charge is 0.259 e. The third-order valence-corrected chi connectivity index (χ3v) is 5.54. The molecule has 2 heterocycles. The third kappa shape index (κ3) is 4.94. The van der Waals surface area contributed by atoms with Crippen molar-refractivity contribution in [2.24, 2.45) is 7.05 Å². The molecule has 0 saturated carbocycles. The van der Waals surface area contributed by atoms with Crippen molar-refractivity contribution in [1.82, 2.24) is 14.5 Å². The average molecular weight is 453 g/mol. The third-order valence-electron chi connectivity index (χ3n) is 5.54. The molecule has 1 N–H and O–H groups in total. The second kappa shape index (κ2) is 9.96. The van der Waals surface area contributed by atoms with Crippen LogP contribution >= 0.6 is 0 Å². The molecule has 4 rings (SSSR count). The number of hydrogen-bond donors (Lipinski definition) is 1. The van der Waals surface area contributed by atoms with Crippen molar-refractivity contribution in [3.63, 3.8) is 0 Å². The van der Waals surface area contributed by atoms with Gasteiger partial charge >= 0.3 is 0 Å². The first-order valence-electron chi connectivity index (χ1n) is 10.9. The lowest BCUT2D eigenvalue weighted by Crippen LogP contribution is -2.33. The molecular weight excluding hydrogens is 428 g/mol. The van der Waals surface area contributed by atoms with E-state index < -0.39 is 0 Å². The summed E-state index contributed by atoms with van der Waals surface area (Å²) in [6, 6.07) is 20.1. The highest BCUT2D eigenvalue weighted by atomic mass is 16.2. The molecule has 0 spiro atoms. The number of nitrogens with zero attached hydrogens (tertiary/aromatic N) is 5. The molecule has 0 aliphatic heterocycles. The summed E-state index contributed by atoms with van der Waals surface area (Å²) in [5.41, 5.74) is 3.58. The van der Waals surface area contributed by atoms with E-state index in [2.05, 4.69) is 16.4 Å². The molecule has 2 aromatic heterocycles. The number of anilines is 2. The van der Waals surface area contributed by atoms with Gasteiger partial charge in [-0.25, -0.2) is 9.97 Å². The number of amides is 1. The Morgan fingerprint density at radius 2 is 1.91 bits per heavy atom. The maximum atomic E-state index is 13.4. The minimum Gasteiger partial charge on any atom is -0.378 e. The predicted octanol–water partition coefficient (Wildman–Crippen LogP) is 4.08. The summed E-state index contributed by atoms with van der Waals surface area (Å²) in [4.78, 5) is 35.5. The fourth-order valence-electron chi connectivity index (χ4n) is 3.64. The van der Waals surface area contributed by atoms with Gasteiger partial charge in [0, 0.05) is 37.5 Å². The van der Waals surface area contributed by atoms with Gasteiger partial charge in [0.15, 0.2) is 0 Å². The first-order valence-corrected chi connectivity index (χ1v) is 10.9. The SMILES string of the molecule is CC(=O)CCN(C(=O)c1ccc2c(c1)nc(CNc1ccc(C#N)cc1)n2C)c1ccccn1. The zero-order chi connectivity index (χ0) is 24.1. The van der Waals surface area contributed by atoms with Crippen molar-refractivity contribution in [2.45, 2.75) is 19.9 Å². The van der Waals surface area contributed by atoms with E-state index in [1.807, 2.05) is 35.9 Å². The number of imidazole rings is 1. The minimum atomic E-state index is -0.232. The van der Waals surface area contributed by atoms with Crippen LogP contribution in [0.5, 0.6) is 0 Å². The summed E-state index contributed by atoms with van der Waals surface area (Å²) in [5.74, 6) is 1.09. The van der Waals surface area contributed by atoms with Gasteiger partial charge in [-0.05, 0) is 61.5 Å². The second-order valence-electron chi connectivity index (χ2n) is 7.93. The average Bonchev–Trinajstić information content (AvgIpc) is 3.18. The Bertz CT molecular complexity index is 1370. The Morgan fingerprint density at radius 3 is 2.59 bits per heavy atom. The van der Waals surface area contributed by atoms with Crippen LogP contribution in [0.15, 0.2) is 66.9 Å². The van der Waals surface area contributed by atoms with Crippen LogP contribution in [-0.4, -0.2) is 32.8 Å². The molecule has 0 fully saturated rings. The first-order chi connectivity index (χ1) is 16.5. The lowest BCUT2D eigenvalue weighted by atomic mass is 10.1. The summed E-state index contributed by atoms with van der Waals surface area (Å²) >= 11 is 0. The minimum absolute atomic E-state index is 0.00770. The summed E-state index contributed by atoms with van der Waals surface area (Å²) in [6.07, 6.45) is 1.87. The first kappa shape index (κ1) is 22.7. The number of aryl methyl sites for hydroxylation is 1. The number of carbonyl (C=O) groups is 2. The zero-order valence-electron chi connectivity index (χ0n) is 19.0. The Morgan fingerprint density at radius 1 is 1.12 bits per heavy atom. The molecule has 8 heteroatoms. The molecular formula is C26H24N6O2. The van der Waals surface area contributed by atoms with Crippen molar-refractivity contribution in [1.29, 1.82) is 5.26 Å². The summed E-state index contributed by atoms with van der Waals surface area (Å²) < 4.78 is 1.98. The van der Waals surface area contributed by atoms with Crippen LogP contribution < -0.4 is 10.2 Å². The molecule has 0 saturated heterocycles. The number of nitriles is 1. The van der Waals surface area contributed by atoms with Crippen molar-refractivity contribution in [2.75, 3.05) is 16.8 Å². The Labute approximate surface area is 197 Å². The highest BCUT2D eigenvalue weighted by molar-refractivity contribution is 6.07. The van der Waals surface area contributed by atoms with Crippen molar-refractivity contribution < 1.29 is 9.59 Å². The van der Waals surface area contributed by atoms with E-state index in [9.17, 15) is 9.59 Å². The number of pyridine rings is 1. The number of carbonyl (C=O) groups excluding carboxylic acids is 2. The van der Waals surface area contributed by atoms with Gasteiger partial charge < -0.3 is 9.88 Å². The van der Waals surface area contributed by atoms with Gasteiger partial charge in [-0.2, -0.15) is 5.26 Å². The number of fused-ring (bicyclic) bond motifs is 1. The van der Waals surface area contributed by atoms with Gasteiger partial charge in [0.1, 0.15) is 17.4 Å². The van der Waals surface area contributed by atoms with E-state index >= 15 is 0 Å². The number of Topliss-reactive ketones (excluding diaryl/α,β-unsaturated/α-hetero) is 1. The highest BCUT2D eigenvalue weighted by Crippen LogP contribution is 2.21. The number of nitrogens with one attached hydrogen (secondary N) is 1. The van der Waals surface area contributed by atoms with E-state index in [4.69, 9.17) is 10.2 Å². The summed E-state index contributed by atoms with van der Waals surface area (Å²) in [6.45, 7) is 2.25. The van der Waals surface area contributed by atoms with Gasteiger partial charge in [-0.3, -0.25) is 14.5 Å². The lowest BCUT2D eigenvalue weighted by molar-refractivity contribution is -0.116. The van der Waals surface area contributed by atoms with E-state index in [1.165, 1.54) is 11.8 Å². The Hall–Kier alpha value is -4.51. The van der Waals surface area contributed by atoms with Crippen LogP contribution in [-0.2, 0) is 18.4 Å². The monoisotopic (exact) mass is 452 g/mol. The Balaban J connectivity index is 1.57. The fourth-order valence-corrected chi connectivity index (χ4v) is 3.64. The zero-order valence-corrected chi connectivity index (χ0v) is 19.0. The van der Waals surface area contributed by atoms with Crippen molar-refractivity contribution in [3.8, 4) is 6.07 Å². The van der Waals surface area contributed by atoms with Crippen LogP contribution in [0.4, 0.5) is 11.5 Å². The maximum absolute atomic E-state index is 13.4. The number of ketones is 1. The van der Waals surface area contributed by atoms with Gasteiger partial charge in [-0.15, -0.1) is 0 Å². The molecule has 0 aliphatic carbocycles. The number of aromatic nitrogens is 3. The predicted molar refractivity (Wildman–Crippen MR) is 130 cm³/mol. The molecule has 34 heavy (non-hydrogen) atoms. The molecule has 4 aromatic rings. The molecule has 8 nitrogen and oxygen atoms in total. The van der Waals surface area contributed by atoms with E-state index in [-0.39, 0.29) is 24.7 Å². The largest absolute Gasteiger partial charge is 0.378 e. The van der Waals surface area contributed by atoms with E-state index in [0.29, 0.717) is 29.0 Å². The molecule has 0 aliphatic rings. The van der Waals surface area contributed by atoms with Crippen LogP contribution in [0.25, 0.3) is 11.0 Å². The molecule has 2 aromatic carbocycles. The molecule has 170 valence electrons. The van der Waals surface area contributed by atoms with Gasteiger partial charge in [0.2, 0.25) is 0 Å². The van der Waals surface area contributed by atoms with E-state index in [1.54, 1.807) is 42.6 Å². The fraction of sp³-hybridized carbons (Fsp3) is 0.192. The van der Waals surface area contributed by atoms with Gasteiger partial charge in [0.05, 0.1) is 29.2 Å². The maximum Gasteiger partial charge on any atom is 0.259 e. The highest BCUT2D eigenvalue weighted by Gasteiger charge is 2.20. The quantitative estimate of drug-likeness (QED) is 0.432. The summed E-state index contributed by atoms with van der Waals surface area (Å²) in [7, 11) is 1.93. The molecule has 0 atom stereocenters. The van der Waals surface area contributed by atoms with Crippen molar-refractivity contribution in [3.05, 3.63) is 83.8 Å².